The van der Waals surface area contributed by atoms with Gasteiger partial charge < -0.3 is 10.6 Å². The van der Waals surface area contributed by atoms with Gasteiger partial charge in [0.05, 0.1) is 12.2 Å². The van der Waals surface area contributed by atoms with Gasteiger partial charge in [-0.25, -0.2) is 9.67 Å². The lowest BCUT2D eigenvalue weighted by molar-refractivity contribution is -0.132. The molecule has 2 N–H and O–H groups in total. The molecule has 2 rings (SSSR count). The van der Waals surface area contributed by atoms with Crippen LogP contribution in [0.15, 0.2) is 24.5 Å². The molecule has 2 aromatic rings. The molecule has 0 aliphatic heterocycles. The molecule has 0 aliphatic carbocycles. The van der Waals surface area contributed by atoms with Crippen LogP contribution in [0.4, 0.5) is 5.95 Å². The van der Waals surface area contributed by atoms with E-state index in [4.69, 9.17) is 5.73 Å². The fourth-order valence-electron chi connectivity index (χ4n) is 1.88. The number of rotatable bonds is 5. The van der Waals surface area contributed by atoms with Gasteiger partial charge in [0.25, 0.3) is 0 Å². The van der Waals surface area contributed by atoms with E-state index in [0.29, 0.717) is 13.1 Å². The van der Waals surface area contributed by atoms with Crippen molar-refractivity contribution in [2.24, 2.45) is 0 Å². The quantitative estimate of drug-likeness (QED) is 0.863. The van der Waals surface area contributed by atoms with Crippen molar-refractivity contribution in [1.29, 1.82) is 0 Å². The van der Waals surface area contributed by atoms with Crippen molar-refractivity contribution >= 4 is 11.9 Å². The highest BCUT2D eigenvalue weighted by atomic mass is 16.2. The van der Waals surface area contributed by atoms with Crippen molar-refractivity contribution in [2.45, 2.75) is 26.9 Å². The number of nitrogens with two attached hydrogens (primary N) is 1. The summed E-state index contributed by atoms with van der Waals surface area (Å²) in [5, 5.41) is 3.91. The van der Waals surface area contributed by atoms with Gasteiger partial charge in [-0.05, 0) is 26.0 Å². The molecule has 2 heterocycles. The van der Waals surface area contributed by atoms with E-state index < -0.39 is 0 Å². The molecule has 20 heavy (non-hydrogen) atoms. The SMILES string of the molecule is CCN(Cc1cccc(C)n1)C(=O)Cn1cnc(N)n1. The summed E-state index contributed by atoms with van der Waals surface area (Å²) < 4.78 is 1.43. The monoisotopic (exact) mass is 274 g/mol. The summed E-state index contributed by atoms with van der Waals surface area (Å²) in [4.78, 5) is 22.1. The van der Waals surface area contributed by atoms with Crippen molar-refractivity contribution in [3.05, 3.63) is 35.9 Å². The standard InChI is InChI=1S/C13H18N6O/c1-3-18(7-11-6-4-5-10(2)16-11)12(20)8-19-9-15-13(14)17-19/h4-6,9H,3,7-8H2,1-2H3,(H2,14,17). The molecular weight excluding hydrogens is 256 g/mol. The maximum absolute atomic E-state index is 12.2. The highest BCUT2D eigenvalue weighted by Gasteiger charge is 2.14. The number of hydrogen-bond donors (Lipinski definition) is 1. The van der Waals surface area contributed by atoms with Crippen LogP contribution in [0.5, 0.6) is 0 Å². The van der Waals surface area contributed by atoms with E-state index in [1.807, 2.05) is 32.0 Å². The molecule has 7 heteroatoms. The number of carbonyl (C=O) groups excluding carboxylic acids is 1. The Balaban J connectivity index is 2.02. The second kappa shape index (κ2) is 6.14. The molecule has 0 unspecified atom stereocenters. The number of aromatic nitrogens is 4. The molecule has 106 valence electrons. The first-order valence-electron chi connectivity index (χ1n) is 6.43. The maximum atomic E-state index is 12.2. The maximum Gasteiger partial charge on any atom is 0.244 e. The minimum atomic E-state index is -0.0410. The van der Waals surface area contributed by atoms with Gasteiger partial charge >= 0.3 is 0 Å². The van der Waals surface area contributed by atoms with Crippen LogP contribution in [0.2, 0.25) is 0 Å². The smallest absolute Gasteiger partial charge is 0.244 e. The largest absolute Gasteiger partial charge is 0.367 e. The molecule has 2 aromatic heterocycles. The Morgan fingerprint density at radius 1 is 1.45 bits per heavy atom. The highest BCUT2D eigenvalue weighted by Crippen LogP contribution is 2.04. The zero-order valence-corrected chi connectivity index (χ0v) is 11.7. The van der Waals surface area contributed by atoms with Crippen molar-refractivity contribution in [3.8, 4) is 0 Å². The number of amides is 1. The van der Waals surface area contributed by atoms with Crippen LogP contribution < -0.4 is 5.73 Å². The van der Waals surface area contributed by atoms with Crippen LogP contribution in [-0.4, -0.2) is 37.1 Å². The van der Waals surface area contributed by atoms with E-state index in [9.17, 15) is 4.79 Å². The number of anilines is 1. The third-order valence-corrected chi connectivity index (χ3v) is 2.88. The molecule has 0 saturated carbocycles. The third-order valence-electron chi connectivity index (χ3n) is 2.88. The first-order chi connectivity index (χ1) is 9.58. The summed E-state index contributed by atoms with van der Waals surface area (Å²) >= 11 is 0. The van der Waals surface area contributed by atoms with E-state index in [0.717, 1.165) is 11.4 Å². The summed E-state index contributed by atoms with van der Waals surface area (Å²) in [6.45, 7) is 5.09. The summed E-state index contributed by atoms with van der Waals surface area (Å²) in [7, 11) is 0. The van der Waals surface area contributed by atoms with Crippen LogP contribution in [0.3, 0.4) is 0 Å². The van der Waals surface area contributed by atoms with E-state index in [2.05, 4.69) is 15.1 Å². The van der Waals surface area contributed by atoms with Crippen molar-refractivity contribution in [3.63, 3.8) is 0 Å². The number of nitrogens with zero attached hydrogens (tertiary/aromatic N) is 5. The fourth-order valence-corrected chi connectivity index (χ4v) is 1.88. The van der Waals surface area contributed by atoms with Gasteiger partial charge in [-0.3, -0.25) is 9.78 Å². The van der Waals surface area contributed by atoms with Crippen molar-refractivity contribution in [2.75, 3.05) is 12.3 Å². The minimum Gasteiger partial charge on any atom is -0.367 e. The van der Waals surface area contributed by atoms with Crippen LogP contribution in [0.25, 0.3) is 0 Å². The van der Waals surface area contributed by atoms with E-state index in [1.165, 1.54) is 11.0 Å². The van der Waals surface area contributed by atoms with Gasteiger partial charge in [-0.15, -0.1) is 5.10 Å². The topological polar surface area (TPSA) is 89.9 Å². The first kappa shape index (κ1) is 14.0. The van der Waals surface area contributed by atoms with Crippen molar-refractivity contribution < 1.29 is 4.79 Å². The second-order valence-corrected chi connectivity index (χ2v) is 4.48. The fraction of sp³-hybridized carbons (Fsp3) is 0.385. The second-order valence-electron chi connectivity index (χ2n) is 4.48. The number of nitrogen functional groups attached to an aromatic ring is 1. The van der Waals surface area contributed by atoms with Crippen LogP contribution >= 0.6 is 0 Å². The zero-order chi connectivity index (χ0) is 14.5. The van der Waals surface area contributed by atoms with E-state index in [1.54, 1.807) is 4.90 Å². The molecule has 7 nitrogen and oxygen atoms in total. The number of aryl methyl sites for hydroxylation is 1. The van der Waals surface area contributed by atoms with Crippen molar-refractivity contribution in [1.82, 2.24) is 24.6 Å². The Morgan fingerprint density at radius 3 is 2.85 bits per heavy atom. The molecule has 0 fully saturated rings. The number of likely N-dealkylation sites (N-methyl/N-ethyl adjacent to an activating group) is 1. The Morgan fingerprint density at radius 2 is 2.25 bits per heavy atom. The minimum absolute atomic E-state index is 0.0410. The van der Waals surface area contributed by atoms with Crippen LogP contribution in [0, 0.1) is 6.92 Å². The Hall–Kier alpha value is -2.44. The summed E-state index contributed by atoms with van der Waals surface area (Å²) in [5.74, 6) is 0.127. The molecule has 1 amide bonds. The van der Waals surface area contributed by atoms with Crippen LogP contribution in [0.1, 0.15) is 18.3 Å². The molecular formula is C13H18N6O. The molecule has 0 aromatic carbocycles. The Kier molecular flexibility index (Phi) is 4.29. The Labute approximate surface area is 117 Å². The summed E-state index contributed by atoms with van der Waals surface area (Å²) in [5.41, 5.74) is 7.24. The van der Waals surface area contributed by atoms with Gasteiger partial charge in [0.2, 0.25) is 11.9 Å². The van der Waals surface area contributed by atoms with Gasteiger partial charge in [0.1, 0.15) is 12.9 Å². The lowest BCUT2D eigenvalue weighted by atomic mass is 10.3. The average Bonchev–Trinajstić information content (AvgIpc) is 2.81. The normalized spacial score (nSPS) is 10.5. The predicted octanol–water partition coefficient (Wildman–Crippen LogP) is 0.612. The molecule has 0 spiro atoms. The summed E-state index contributed by atoms with van der Waals surface area (Å²) in [6.07, 6.45) is 1.45. The zero-order valence-electron chi connectivity index (χ0n) is 11.7. The number of carbonyl (C=O) groups is 1. The molecule has 0 radical (unpaired) electrons. The molecule has 0 bridgehead atoms. The van der Waals surface area contributed by atoms with Gasteiger partial charge in [0, 0.05) is 12.2 Å². The highest BCUT2D eigenvalue weighted by molar-refractivity contribution is 5.75. The molecule has 0 saturated heterocycles. The van der Waals surface area contributed by atoms with E-state index in [-0.39, 0.29) is 18.4 Å². The number of pyridine rings is 1. The number of hydrogen-bond acceptors (Lipinski definition) is 5. The predicted molar refractivity (Wildman–Crippen MR) is 74.5 cm³/mol. The Bertz CT molecular complexity index is 594. The molecule has 0 atom stereocenters. The lowest BCUT2D eigenvalue weighted by Gasteiger charge is -2.20. The summed E-state index contributed by atoms with van der Waals surface area (Å²) in [6, 6.07) is 5.78. The van der Waals surface area contributed by atoms with Gasteiger partial charge in [0.15, 0.2) is 0 Å². The first-order valence-corrected chi connectivity index (χ1v) is 6.43. The lowest BCUT2D eigenvalue weighted by Crippen LogP contribution is -2.33. The third kappa shape index (κ3) is 3.53. The average molecular weight is 274 g/mol. The molecule has 0 aliphatic rings. The van der Waals surface area contributed by atoms with Crippen LogP contribution in [-0.2, 0) is 17.9 Å². The van der Waals surface area contributed by atoms with Gasteiger partial charge in [-0.1, -0.05) is 6.07 Å². The van der Waals surface area contributed by atoms with E-state index >= 15 is 0 Å². The van der Waals surface area contributed by atoms with Gasteiger partial charge in [-0.2, -0.15) is 0 Å².